The highest BCUT2D eigenvalue weighted by molar-refractivity contribution is 6.30. The van der Waals surface area contributed by atoms with Gasteiger partial charge in [0.05, 0.1) is 6.61 Å². The Morgan fingerprint density at radius 1 is 1.13 bits per heavy atom. The molecule has 2 aliphatic rings. The second-order valence-corrected chi connectivity index (χ2v) is 7.25. The third-order valence-electron chi connectivity index (χ3n) is 5.08. The van der Waals surface area contributed by atoms with Crippen molar-refractivity contribution in [2.45, 2.75) is 44.4 Å². The van der Waals surface area contributed by atoms with Crippen molar-refractivity contribution in [3.8, 4) is 5.75 Å². The lowest BCUT2D eigenvalue weighted by atomic mass is 9.89. The first-order chi connectivity index (χ1) is 11.3. The topological polar surface area (TPSA) is 24.5 Å². The first-order valence-electron chi connectivity index (χ1n) is 9.18. The van der Waals surface area contributed by atoms with Crippen molar-refractivity contribution >= 4 is 11.6 Å². The second kappa shape index (κ2) is 8.91. The molecular weight excluding hydrogens is 308 g/mol. The summed E-state index contributed by atoms with van der Waals surface area (Å²) in [6.07, 6.45) is 7.58. The van der Waals surface area contributed by atoms with Gasteiger partial charge in [-0.05, 0) is 81.9 Å². The van der Waals surface area contributed by atoms with E-state index in [1.165, 1.54) is 50.8 Å². The Bertz CT molecular complexity index is 482. The molecule has 1 N–H and O–H groups in total. The summed E-state index contributed by atoms with van der Waals surface area (Å²) in [5.41, 5.74) is 1.34. The van der Waals surface area contributed by atoms with E-state index < -0.39 is 0 Å². The van der Waals surface area contributed by atoms with Gasteiger partial charge in [0.1, 0.15) is 5.75 Å². The Kier molecular flexibility index (Phi) is 6.61. The number of piperidine rings is 2. The average Bonchev–Trinajstić information content (AvgIpc) is 2.60. The van der Waals surface area contributed by atoms with Crippen LogP contribution in [0.3, 0.4) is 0 Å². The van der Waals surface area contributed by atoms with E-state index in [1.54, 1.807) is 0 Å². The molecule has 0 amide bonds. The largest absolute Gasteiger partial charge is 0.493 e. The molecule has 2 saturated heterocycles. The molecule has 0 radical (unpaired) electrons. The Balaban J connectivity index is 1.52. The summed E-state index contributed by atoms with van der Waals surface area (Å²) in [5, 5.41) is 4.20. The summed E-state index contributed by atoms with van der Waals surface area (Å²) in [4.78, 5) is 2.57. The highest BCUT2D eigenvalue weighted by atomic mass is 35.5. The predicted octanol–water partition coefficient (Wildman–Crippen LogP) is 4.06. The molecule has 0 aromatic heterocycles. The number of halogens is 1. The van der Waals surface area contributed by atoms with Crippen LogP contribution in [-0.2, 0) is 0 Å². The maximum absolute atomic E-state index is 6.19. The first-order valence-corrected chi connectivity index (χ1v) is 9.56. The van der Waals surface area contributed by atoms with Crippen molar-refractivity contribution in [1.29, 1.82) is 0 Å². The summed E-state index contributed by atoms with van der Waals surface area (Å²) in [5.74, 6) is 1.61. The molecule has 4 heteroatoms. The zero-order valence-electron chi connectivity index (χ0n) is 14.0. The summed E-state index contributed by atoms with van der Waals surface area (Å²) in [6, 6.07) is 6.16. The number of ether oxygens (including phenoxy) is 1. The van der Waals surface area contributed by atoms with Gasteiger partial charge in [0.25, 0.3) is 0 Å². The minimum atomic E-state index is 0.602. The maximum Gasteiger partial charge on any atom is 0.124 e. The van der Waals surface area contributed by atoms with Gasteiger partial charge in [-0.3, -0.25) is 0 Å². The van der Waals surface area contributed by atoms with E-state index in [1.807, 2.05) is 12.1 Å². The van der Waals surface area contributed by atoms with Crippen molar-refractivity contribution in [3.63, 3.8) is 0 Å². The minimum Gasteiger partial charge on any atom is -0.493 e. The second-order valence-electron chi connectivity index (χ2n) is 6.81. The van der Waals surface area contributed by atoms with E-state index in [-0.39, 0.29) is 0 Å². The van der Waals surface area contributed by atoms with Gasteiger partial charge in [-0.15, -0.1) is 0 Å². The van der Waals surface area contributed by atoms with Crippen molar-refractivity contribution < 1.29 is 4.74 Å². The van der Waals surface area contributed by atoms with Crippen molar-refractivity contribution in [1.82, 2.24) is 10.2 Å². The van der Waals surface area contributed by atoms with Crippen LogP contribution >= 0.6 is 11.6 Å². The number of nitrogens with zero attached hydrogens (tertiary/aromatic N) is 1. The highest BCUT2D eigenvalue weighted by Crippen LogP contribution is 2.34. The van der Waals surface area contributed by atoms with Crippen LogP contribution in [0.25, 0.3) is 0 Å². The minimum absolute atomic E-state index is 0.602. The highest BCUT2D eigenvalue weighted by Gasteiger charge is 2.19. The van der Waals surface area contributed by atoms with Crippen LogP contribution in [0.15, 0.2) is 18.2 Å². The van der Waals surface area contributed by atoms with Crippen molar-refractivity contribution in [2.24, 2.45) is 0 Å². The molecule has 128 valence electrons. The van der Waals surface area contributed by atoms with Gasteiger partial charge >= 0.3 is 0 Å². The number of rotatable bonds is 6. The summed E-state index contributed by atoms with van der Waals surface area (Å²) in [7, 11) is 0. The predicted molar refractivity (Wildman–Crippen MR) is 96.7 cm³/mol. The number of nitrogens with one attached hydrogen (secondary N) is 1. The van der Waals surface area contributed by atoms with Gasteiger partial charge in [-0.25, -0.2) is 0 Å². The molecule has 0 bridgehead atoms. The number of likely N-dealkylation sites (tertiary alicyclic amines) is 1. The lowest BCUT2D eigenvalue weighted by molar-refractivity contribution is 0.204. The van der Waals surface area contributed by atoms with Gasteiger partial charge in [0.15, 0.2) is 0 Å². The zero-order valence-corrected chi connectivity index (χ0v) is 14.8. The van der Waals surface area contributed by atoms with E-state index >= 15 is 0 Å². The quantitative estimate of drug-likeness (QED) is 0.793. The lowest BCUT2D eigenvalue weighted by Gasteiger charge is -2.27. The van der Waals surface area contributed by atoms with E-state index in [2.05, 4.69) is 16.3 Å². The summed E-state index contributed by atoms with van der Waals surface area (Å²) >= 11 is 6.19. The van der Waals surface area contributed by atoms with E-state index in [4.69, 9.17) is 16.3 Å². The third kappa shape index (κ3) is 5.10. The molecule has 0 saturated carbocycles. The van der Waals surface area contributed by atoms with Gasteiger partial charge in [0.2, 0.25) is 0 Å². The smallest absolute Gasteiger partial charge is 0.124 e. The Morgan fingerprint density at radius 2 is 1.91 bits per heavy atom. The third-order valence-corrected chi connectivity index (χ3v) is 5.31. The Labute approximate surface area is 145 Å². The van der Waals surface area contributed by atoms with Crippen LogP contribution < -0.4 is 10.1 Å². The van der Waals surface area contributed by atoms with Gasteiger partial charge in [0, 0.05) is 11.6 Å². The molecule has 0 aliphatic carbocycles. The lowest BCUT2D eigenvalue weighted by Crippen LogP contribution is -2.31. The number of hydrogen-bond acceptors (Lipinski definition) is 3. The van der Waals surface area contributed by atoms with Gasteiger partial charge in [-0.1, -0.05) is 24.1 Å². The molecular formula is C19H29ClN2O. The van der Waals surface area contributed by atoms with Crippen LogP contribution in [0.4, 0.5) is 0 Å². The van der Waals surface area contributed by atoms with Crippen LogP contribution in [0, 0.1) is 0 Å². The first kappa shape index (κ1) is 17.1. The average molecular weight is 337 g/mol. The van der Waals surface area contributed by atoms with Crippen LogP contribution in [-0.4, -0.2) is 44.2 Å². The molecule has 0 unspecified atom stereocenters. The monoisotopic (exact) mass is 336 g/mol. The molecule has 1 aromatic carbocycles. The molecule has 1 aromatic rings. The van der Waals surface area contributed by atoms with Gasteiger partial charge < -0.3 is 15.0 Å². The number of hydrogen-bond donors (Lipinski definition) is 1. The molecule has 2 heterocycles. The molecule has 2 fully saturated rings. The van der Waals surface area contributed by atoms with E-state index in [0.29, 0.717) is 5.92 Å². The summed E-state index contributed by atoms with van der Waals surface area (Å²) in [6.45, 7) is 6.66. The van der Waals surface area contributed by atoms with E-state index in [9.17, 15) is 0 Å². The SMILES string of the molecule is Clc1ccc(C2CCNCC2)c(OCCCN2CCCCC2)c1. The summed E-state index contributed by atoms with van der Waals surface area (Å²) < 4.78 is 6.13. The van der Waals surface area contributed by atoms with Crippen molar-refractivity contribution in [3.05, 3.63) is 28.8 Å². The van der Waals surface area contributed by atoms with Crippen LogP contribution in [0.5, 0.6) is 5.75 Å². The Hall–Kier alpha value is -0.770. The van der Waals surface area contributed by atoms with Crippen LogP contribution in [0.2, 0.25) is 5.02 Å². The molecule has 3 rings (SSSR count). The molecule has 23 heavy (non-hydrogen) atoms. The zero-order chi connectivity index (χ0) is 15.9. The van der Waals surface area contributed by atoms with E-state index in [0.717, 1.165) is 43.4 Å². The van der Waals surface area contributed by atoms with Gasteiger partial charge in [-0.2, -0.15) is 0 Å². The maximum atomic E-state index is 6.19. The molecule has 0 spiro atoms. The number of benzene rings is 1. The standard InChI is InChI=1S/C19H29ClN2O/c20-17-5-6-18(16-7-9-21-10-8-16)19(15-17)23-14-4-13-22-11-2-1-3-12-22/h5-6,15-16,21H,1-4,7-14H2. The normalized spacial score (nSPS) is 20.6. The molecule has 2 aliphatic heterocycles. The molecule has 0 atom stereocenters. The fourth-order valence-electron chi connectivity index (χ4n) is 3.76. The molecule has 3 nitrogen and oxygen atoms in total. The van der Waals surface area contributed by atoms with Crippen LogP contribution in [0.1, 0.15) is 50.0 Å². The van der Waals surface area contributed by atoms with Crippen molar-refractivity contribution in [2.75, 3.05) is 39.3 Å². The fraction of sp³-hybridized carbons (Fsp3) is 0.684. The fourth-order valence-corrected chi connectivity index (χ4v) is 3.92. The Morgan fingerprint density at radius 3 is 2.70 bits per heavy atom.